The predicted molar refractivity (Wildman–Crippen MR) is 129 cm³/mol. The van der Waals surface area contributed by atoms with Gasteiger partial charge in [0.1, 0.15) is 0 Å². The second-order valence-corrected chi connectivity index (χ2v) is 10.8. The Morgan fingerprint density at radius 1 is 1.17 bits per heavy atom. The standard InChI is InChI=1S/C24H24FN5O4S/c1-12-18(13(2)29(4)28-12)11-30-21-8-15(6-19(25)23(21)34-14(3)24(30)31)16-7-20-17(10-26-27-20)22(9-16)35(5,32)33/h6-10,14H,11H2,1-5H3,(H,26,27)/t14-/m1/s1. The smallest absolute Gasteiger partial charge is 0.268 e. The first-order valence-corrected chi connectivity index (χ1v) is 12.8. The molecule has 9 nitrogen and oxygen atoms in total. The second-order valence-electron chi connectivity index (χ2n) is 8.84. The molecule has 1 aliphatic rings. The minimum Gasteiger partial charge on any atom is -0.476 e. The monoisotopic (exact) mass is 497 g/mol. The van der Waals surface area contributed by atoms with Crippen molar-refractivity contribution in [2.75, 3.05) is 11.2 Å². The van der Waals surface area contributed by atoms with Crippen LogP contribution in [0.2, 0.25) is 0 Å². The summed E-state index contributed by atoms with van der Waals surface area (Å²) in [6, 6.07) is 6.12. The van der Waals surface area contributed by atoms with E-state index in [1.807, 2.05) is 20.9 Å². The van der Waals surface area contributed by atoms with Crippen molar-refractivity contribution in [1.29, 1.82) is 0 Å². The highest BCUT2D eigenvalue weighted by molar-refractivity contribution is 7.91. The number of aromatic amines is 1. The molecule has 0 saturated heterocycles. The van der Waals surface area contributed by atoms with Gasteiger partial charge >= 0.3 is 0 Å². The maximum absolute atomic E-state index is 15.4. The number of halogens is 1. The zero-order chi connectivity index (χ0) is 25.2. The lowest BCUT2D eigenvalue weighted by atomic mass is 10.0. The lowest BCUT2D eigenvalue weighted by molar-refractivity contribution is -0.125. The maximum atomic E-state index is 15.4. The molecule has 1 N–H and O–H groups in total. The minimum absolute atomic E-state index is 0.0222. The number of ether oxygens (including phenoxy) is 1. The fraction of sp³-hybridized carbons (Fsp3) is 0.292. The molecule has 2 aromatic carbocycles. The first kappa shape index (κ1) is 23.0. The molecule has 1 amide bonds. The van der Waals surface area contributed by atoms with E-state index < -0.39 is 21.8 Å². The van der Waals surface area contributed by atoms with E-state index in [2.05, 4.69) is 15.3 Å². The van der Waals surface area contributed by atoms with Gasteiger partial charge in [-0.15, -0.1) is 0 Å². The molecule has 0 spiro atoms. The number of benzene rings is 2. The number of hydrogen-bond acceptors (Lipinski definition) is 6. The molecule has 4 aromatic rings. The number of sulfone groups is 1. The van der Waals surface area contributed by atoms with Gasteiger partial charge in [0.2, 0.25) is 0 Å². The van der Waals surface area contributed by atoms with E-state index in [1.165, 1.54) is 23.2 Å². The fourth-order valence-corrected chi connectivity index (χ4v) is 5.39. The van der Waals surface area contributed by atoms with Crippen LogP contribution < -0.4 is 9.64 Å². The van der Waals surface area contributed by atoms with Gasteiger partial charge in [0, 0.05) is 29.9 Å². The van der Waals surface area contributed by atoms with Gasteiger partial charge in [-0.3, -0.25) is 14.6 Å². The Hall–Kier alpha value is -3.73. The molecule has 2 aromatic heterocycles. The first-order valence-electron chi connectivity index (χ1n) is 10.9. The van der Waals surface area contributed by atoms with Gasteiger partial charge < -0.3 is 9.64 Å². The quantitative estimate of drug-likeness (QED) is 0.463. The summed E-state index contributed by atoms with van der Waals surface area (Å²) in [5.74, 6) is -0.976. The Kier molecular flexibility index (Phi) is 5.20. The van der Waals surface area contributed by atoms with Crippen molar-refractivity contribution in [2.24, 2.45) is 7.05 Å². The minimum atomic E-state index is -3.58. The highest BCUT2D eigenvalue weighted by Crippen LogP contribution is 2.42. The van der Waals surface area contributed by atoms with Gasteiger partial charge in [0.25, 0.3) is 5.91 Å². The fourth-order valence-electron chi connectivity index (χ4n) is 4.49. The number of amides is 1. The summed E-state index contributed by atoms with van der Waals surface area (Å²) in [6.45, 7) is 5.55. The summed E-state index contributed by atoms with van der Waals surface area (Å²) in [5.41, 5.74) is 4.18. The molecular weight excluding hydrogens is 473 g/mol. The van der Waals surface area contributed by atoms with Crippen molar-refractivity contribution < 1.29 is 22.3 Å². The summed E-state index contributed by atoms with van der Waals surface area (Å²) in [6.07, 6.45) is 1.69. The maximum Gasteiger partial charge on any atom is 0.268 e. The molecule has 182 valence electrons. The van der Waals surface area contributed by atoms with Crippen LogP contribution in [0.4, 0.5) is 10.1 Å². The van der Waals surface area contributed by atoms with Gasteiger partial charge in [-0.25, -0.2) is 12.8 Å². The van der Waals surface area contributed by atoms with E-state index in [0.717, 1.165) is 23.2 Å². The van der Waals surface area contributed by atoms with Crippen LogP contribution in [-0.2, 0) is 28.2 Å². The molecule has 35 heavy (non-hydrogen) atoms. The average molecular weight is 498 g/mol. The van der Waals surface area contributed by atoms with Crippen LogP contribution in [-0.4, -0.2) is 46.7 Å². The van der Waals surface area contributed by atoms with Crippen molar-refractivity contribution >= 4 is 32.3 Å². The Balaban J connectivity index is 1.69. The molecule has 0 fully saturated rings. The zero-order valence-electron chi connectivity index (χ0n) is 19.9. The topological polar surface area (TPSA) is 110 Å². The Labute approximate surface area is 201 Å². The van der Waals surface area contributed by atoms with Crippen molar-refractivity contribution in [3.63, 3.8) is 0 Å². The SMILES string of the molecule is Cc1nn(C)c(C)c1CN1C(=O)[C@@H](C)Oc2c(F)cc(-c3cc(S(C)(=O)=O)c4cn[nH]c4c3)cc21. The number of H-pyrrole nitrogens is 1. The molecule has 11 heteroatoms. The van der Waals surface area contributed by atoms with E-state index in [-0.39, 0.29) is 28.8 Å². The third kappa shape index (κ3) is 3.75. The number of nitrogens with zero attached hydrogens (tertiary/aromatic N) is 4. The summed E-state index contributed by atoms with van der Waals surface area (Å²) >= 11 is 0. The number of aromatic nitrogens is 4. The summed E-state index contributed by atoms with van der Waals surface area (Å²) in [5, 5.41) is 11.6. The Bertz CT molecular complexity index is 1620. The number of hydrogen-bond donors (Lipinski definition) is 1. The van der Waals surface area contributed by atoms with Gasteiger partial charge in [-0.1, -0.05) is 0 Å². The van der Waals surface area contributed by atoms with Crippen LogP contribution in [0.3, 0.4) is 0 Å². The van der Waals surface area contributed by atoms with Crippen LogP contribution in [0, 0.1) is 19.7 Å². The van der Waals surface area contributed by atoms with Crippen molar-refractivity contribution in [3.05, 3.63) is 53.2 Å². The third-order valence-electron chi connectivity index (χ3n) is 6.45. The largest absolute Gasteiger partial charge is 0.476 e. The predicted octanol–water partition coefficient (Wildman–Crippen LogP) is 3.44. The number of carbonyl (C=O) groups excluding carboxylic acids is 1. The summed E-state index contributed by atoms with van der Waals surface area (Å²) < 4.78 is 47.6. The van der Waals surface area contributed by atoms with E-state index in [9.17, 15) is 13.2 Å². The van der Waals surface area contributed by atoms with Crippen molar-refractivity contribution in [3.8, 4) is 16.9 Å². The number of fused-ring (bicyclic) bond motifs is 2. The van der Waals surface area contributed by atoms with Crippen LogP contribution in [0.15, 0.2) is 35.4 Å². The molecule has 0 saturated carbocycles. The molecule has 0 bridgehead atoms. The van der Waals surface area contributed by atoms with Crippen LogP contribution in [0.1, 0.15) is 23.9 Å². The van der Waals surface area contributed by atoms with Crippen molar-refractivity contribution in [2.45, 2.75) is 38.3 Å². The first-order chi connectivity index (χ1) is 16.5. The van der Waals surface area contributed by atoms with Gasteiger partial charge in [-0.05, 0) is 56.2 Å². The van der Waals surface area contributed by atoms with Gasteiger partial charge in [0.05, 0.1) is 34.5 Å². The molecule has 5 rings (SSSR count). The zero-order valence-corrected chi connectivity index (χ0v) is 20.7. The van der Waals surface area contributed by atoms with Gasteiger partial charge in [0.15, 0.2) is 27.5 Å². The molecule has 1 atom stereocenters. The lowest BCUT2D eigenvalue weighted by Gasteiger charge is -2.33. The van der Waals surface area contributed by atoms with E-state index in [4.69, 9.17) is 4.74 Å². The Morgan fingerprint density at radius 2 is 1.89 bits per heavy atom. The molecule has 3 heterocycles. The van der Waals surface area contributed by atoms with E-state index >= 15 is 4.39 Å². The van der Waals surface area contributed by atoms with Crippen LogP contribution >= 0.6 is 0 Å². The van der Waals surface area contributed by atoms with Crippen molar-refractivity contribution in [1.82, 2.24) is 20.0 Å². The normalized spacial score (nSPS) is 16.0. The Morgan fingerprint density at radius 3 is 2.54 bits per heavy atom. The summed E-state index contributed by atoms with van der Waals surface area (Å²) in [4.78, 5) is 14.7. The number of nitrogens with one attached hydrogen (secondary N) is 1. The molecule has 0 unspecified atom stereocenters. The second kappa shape index (κ2) is 7.91. The number of anilines is 1. The number of carbonyl (C=O) groups is 1. The number of aryl methyl sites for hydroxylation is 2. The van der Waals surface area contributed by atoms with E-state index in [1.54, 1.807) is 23.7 Å². The molecule has 1 aliphatic heterocycles. The summed E-state index contributed by atoms with van der Waals surface area (Å²) in [7, 11) is -1.76. The lowest BCUT2D eigenvalue weighted by Crippen LogP contribution is -2.44. The van der Waals surface area contributed by atoms with E-state index in [0.29, 0.717) is 22.0 Å². The molecular formula is C24H24FN5O4S. The highest BCUT2D eigenvalue weighted by atomic mass is 32.2. The van der Waals surface area contributed by atoms with Gasteiger partial charge in [-0.2, -0.15) is 10.2 Å². The average Bonchev–Trinajstić information content (AvgIpc) is 3.35. The number of rotatable bonds is 4. The molecule has 0 aliphatic carbocycles. The highest BCUT2D eigenvalue weighted by Gasteiger charge is 2.35. The third-order valence-corrected chi connectivity index (χ3v) is 7.59. The molecule has 0 radical (unpaired) electrons. The van der Waals surface area contributed by atoms with Crippen LogP contribution in [0.25, 0.3) is 22.0 Å². The van der Waals surface area contributed by atoms with Crippen LogP contribution in [0.5, 0.6) is 5.75 Å².